The molecule has 1 unspecified atom stereocenters. The first-order chi connectivity index (χ1) is 13.0. The van der Waals surface area contributed by atoms with Gasteiger partial charge in [0.2, 0.25) is 0 Å². The number of amides is 1. The van der Waals surface area contributed by atoms with E-state index in [1.54, 1.807) is 6.20 Å². The second-order valence-corrected chi connectivity index (χ2v) is 7.94. The molecule has 2 fully saturated rings. The fraction of sp³-hybridized carbons (Fsp3) is 0.650. The highest BCUT2D eigenvalue weighted by molar-refractivity contribution is 5.98. The summed E-state index contributed by atoms with van der Waals surface area (Å²) in [5.41, 5.74) is 2.32. The first-order valence-corrected chi connectivity index (χ1v) is 10.0. The van der Waals surface area contributed by atoms with Crippen LogP contribution in [0.5, 0.6) is 0 Å². The number of fused-ring (bicyclic) bond motifs is 1. The maximum absolute atomic E-state index is 13.1. The van der Waals surface area contributed by atoms with E-state index in [-0.39, 0.29) is 11.9 Å². The highest BCUT2D eigenvalue weighted by Gasteiger charge is 2.26. The quantitative estimate of drug-likeness (QED) is 0.825. The number of hydrogen-bond acceptors (Lipinski definition) is 5. The van der Waals surface area contributed by atoms with Gasteiger partial charge in [-0.25, -0.2) is 9.67 Å². The number of aromatic nitrogens is 3. The minimum Gasteiger partial charge on any atom is -0.377 e. The Kier molecular flexibility index (Phi) is 5.14. The van der Waals surface area contributed by atoms with Crippen LogP contribution in [-0.2, 0) is 4.74 Å². The summed E-state index contributed by atoms with van der Waals surface area (Å²) in [7, 11) is 0. The first-order valence-electron chi connectivity index (χ1n) is 10.0. The molecule has 0 spiro atoms. The number of hydrogen-bond donors (Lipinski definition) is 0. The van der Waals surface area contributed by atoms with Gasteiger partial charge in [-0.2, -0.15) is 5.10 Å². The van der Waals surface area contributed by atoms with Gasteiger partial charge in [0.25, 0.3) is 5.91 Å². The molecule has 146 valence electrons. The zero-order valence-corrected chi connectivity index (χ0v) is 16.5. The van der Waals surface area contributed by atoms with Crippen LogP contribution in [0.3, 0.4) is 0 Å². The number of carbonyl (C=O) groups excluding carboxylic acids is 1. The Bertz CT molecular complexity index is 817. The molecule has 27 heavy (non-hydrogen) atoms. The molecule has 0 N–H and O–H groups in total. The molecule has 2 aromatic rings. The largest absolute Gasteiger partial charge is 0.377 e. The van der Waals surface area contributed by atoms with Crippen LogP contribution in [0.2, 0.25) is 0 Å². The van der Waals surface area contributed by atoms with E-state index in [4.69, 9.17) is 4.74 Å². The average Bonchev–Trinajstić information content (AvgIpc) is 3.30. The Hall–Kier alpha value is -1.99. The van der Waals surface area contributed by atoms with Crippen molar-refractivity contribution >= 4 is 16.9 Å². The van der Waals surface area contributed by atoms with Crippen molar-refractivity contribution in [3.05, 3.63) is 23.5 Å². The molecule has 2 aromatic heterocycles. The smallest absolute Gasteiger partial charge is 0.255 e. The van der Waals surface area contributed by atoms with Crippen LogP contribution in [0.15, 0.2) is 12.3 Å². The monoisotopic (exact) mass is 371 g/mol. The highest BCUT2D eigenvalue weighted by atomic mass is 16.5. The molecule has 0 saturated carbocycles. The molecule has 1 atom stereocenters. The van der Waals surface area contributed by atoms with Crippen LogP contribution in [0.1, 0.15) is 48.8 Å². The lowest BCUT2D eigenvalue weighted by Crippen LogP contribution is -2.50. The van der Waals surface area contributed by atoms with E-state index in [1.807, 2.05) is 22.6 Å². The van der Waals surface area contributed by atoms with Gasteiger partial charge in [0.05, 0.1) is 23.6 Å². The van der Waals surface area contributed by atoms with E-state index in [0.29, 0.717) is 11.7 Å². The van der Waals surface area contributed by atoms with Gasteiger partial charge < -0.3 is 9.64 Å². The van der Waals surface area contributed by atoms with Crippen LogP contribution in [0, 0.1) is 6.92 Å². The maximum Gasteiger partial charge on any atom is 0.255 e. The third-order valence-corrected chi connectivity index (χ3v) is 5.62. The topological polar surface area (TPSA) is 63.5 Å². The van der Waals surface area contributed by atoms with E-state index in [0.717, 1.165) is 62.5 Å². The Morgan fingerprint density at radius 3 is 2.74 bits per heavy atom. The summed E-state index contributed by atoms with van der Waals surface area (Å²) < 4.78 is 7.64. The third kappa shape index (κ3) is 3.71. The van der Waals surface area contributed by atoms with E-state index in [9.17, 15) is 4.79 Å². The lowest BCUT2D eigenvalue weighted by molar-refractivity contribution is 0.0432. The molecular weight excluding hydrogens is 342 g/mol. The number of nitrogens with zero attached hydrogens (tertiary/aromatic N) is 5. The van der Waals surface area contributed by atoms with Gasteiger partial charge >= 0.3 is 0 Å². The minimum atomic E-state index is 0.0796. The Morgan fingerprint density at radius 1 is 1.30 bits per heavy atom. The molecule has 0 bridgehead atoms. The molecule has 7 heteroatoms. The van der Waals surface area contributed by atoms with Gasteiger partial charge in [0, 0.05) is 50.8 Å². The Morgan fingerprint density at radius 2 is 2.07 bits per heavy atom. The summed E-state index contributed by atoms with van der Waals surface area (Å²) in [6.07, 6.45) is 4.51. The average molecular weight is 371 g/mol. The van der Waals surface area contributed by atoms with Crippen molar-refractivity contribution in [2.75, 3.05) is 39.3 Å². The van der Waals surface area contributed by atoms with Crippen molar-refractivity contribution in [3.8, 4) is 0 Å². The van der Waals surface area contributed by atoms with Crippen LogP contribution in [-0.4, -0.2) is 75.9 Å². The standard InChI is InChI=1S/C20H29N5O2/c1-14(2)25-19-16(12-21-25)11-18(15(3)22-19)20(26)24-8-6-23(7-9-24)13-17-5-4-10-27-17/h11-12,14,17H,4-10,13H2,1-3H3. The molecular formula is C20H29N5O2. The molecule has 2 aliphatic rings. The summed E-state index contributed by atoms with van der Waals surface area (Å²) in [6, 6.07) is 2.19. The normalized spacial score (nSPS) is 21.5. The zero-order chi connectivity index (χ0) is 19.0. The van der Waals surface area contributed by atoms with Gasteiger partial charge in [0.15, 0.2) is 5.65 Å². The molecule has 2 aliphatic heterocycles. The second kappa shape index (κ2) is 7.56. The van der Waals surface area contributed by atoms with Crippen molar-refractivity contribution in [2.24, 2.45) is 0 Å². The second-order valence-electron chi connectivity index (χ2n) is 7.94. The van der Waals surface area contributed by atoms with Gasteiger partial charge in [-0.05, 0) is 39.7 Å². The van der Waals surface area contributed by atoms with Crippen molar-refractivity contribution in [2.45, 2.75) is 45.8 Å². The fourth-order valence-electron chi connectivity index (χ4n) is 4.04. The fourth-order valence-corrected chi connectivity index (χ4v) is 4.04. The Balaban J connectivity index is 1.44. The molecule has 2 saturated heterocycles. The number of aryl methyl sites for hydroxylation is 1. The van der Waals surface area contributed by atoms with Gasteiger partial charge in [-0.15, -0.1) is 0 Å². The zero-order valence-electron chi connectivity index (χ0n) is 16.5. The summed E-state index contributed by atoms with van der Waals surface area (Å²) >= 11 is 0. The van der Waals surface area contributed by atoms with Gasteiger partial charge in [-0.1, -0.05) is 0 Å². The molecule has 4 heterocycles. The van der Waals surface area contributed by atoms with Crippen LogP contribution in [0.4, 0.5) is 0 Å². The van der Waals surface area contributed by atoms with E-state index < -0.39 is 0 Å². The molecule has 4 rings (SSSR count). The van der Waals surface area contributed by atoms with Gasteiger partial charge in [-0.3, -0.25) is 9.69 Å². The maximum atomic E-state index is 13.1. The molecule has 0 aliphatic carbocycles. The van der Waals surface area contributed by atoms with Crippen molar-refractivity contribution < 1.29 is 9.53 Å². The van der Waals surface area contributed by atoms with Crippen molar-refractivity contribution in [1.29, 1.82) is 0 Å². The first kappa shape index (κ1) is 18.4. The molecule has 0 radical (unpaired) electrons. The summed E-state index contributed by atoms with van der Waals surface area (Å²) in [6.45, 7) is 11.3. The van der Waals surface area contributed by atoms with Crippen LogP contribution >= 0.6 is 0 Å². The third-order valence-electron chi connectivity index (χ3n) is 5.62. The summed E-state index contributed by atoms with van der Waals surface area (Å²) in [5, 5.41) is 5.34. The molecule has 1 amide bonds. The highest BCUT2D eigenvalue weighted by Crippen LogP contribution is 2.21. The number of piperazine rings is 1. The number of pyridine rings is 1. The SMILES string of the molecule is Cc1nc2c(cnn2C(C)C)cc1C(=O)N1CCN(CC2CCCO2)CC1. The van der Waals surface area contributed by atoms with E-state index >= 15 is 0 Å². The van der Waals surface area contributed by atoms with Crippen LogP contribution in [0.25, 0.3) is 11.0 Å². The van der Waals surface area contributed by atoms with E-state index in [1.165, 1.54) is 6.42 Å². The number of rotatable bonds is 4. The number of carbonyl (C=O) groups is 1. The van der Waals surface area contributed by atoms with Crippen LogP contribution < -0.4 is 0 Å². The number of ether oxygens (including phenoxy) is 1. The predicted molar refractivity (Wildman–Crippen MR) is 104 cm³/mol. The predicted octanol–water partition coefficient (Wildman–Crippen LogP) is 2.26. The van der Waals surface area contributed by atoms with Crippen molar-refractivity contribution in [3.63, 3.8) is 0 Å². The lowest BCUT2D eigenvalue weighted by Gasteiger charge is -2.35. The lowest BCUT2D eigenvalue weighted by atomic mass is 10.1. The Labute approximate surface area is 160 Å². The molecule has 7 nitrogen and oxygen atoms in total. The van der Waals surface area contributed by atoms with E-state index in [2.05, 4.69) is 28.8 Å². The minimum absolute atomic E-state index is 0.0796. The van der Waals surface area contributed by atoms with Crippen molar-refractivity contribution in [1.82, 2.24) is 24.6 Å². The summed E-state index contributed by atoms with van der Waals surface area (Å²) in [4.78, 5) is 22.1. The van der Waals surface area contributed by atoms with Gasteiger partial charge in [0.1, 0.15) is 0 Å². The summed E-state index contributed by atoms with van der Waals surface area (Å²) in [5.74, 6) is 0.0796. The molecule has 0 aromatic carbocycles.